The molecule has 1 aromatic carbocycles. The van der Waals surface area contributed by atoms with Crippen LogP contribution in [-0.2, 0) is 4.79 Å². The lowest BCUT2D eigenvalue weighted by atomic mass is 10.1. The van der Waals surface area contributed by atoms with Crippen LogP contribution < -0.4 is 5.11 Å². The maximum absolute atomic E-state index is 11.1. The molecule has 3 heterocycles. The molecule has 0 saturated carbocycles. The molecular weight excluding hydrogens is 356 g/mol. The SMILES string of the molecule is Cc1ccc(-c2nnc3n2N=C(c2cccs2)[C@@H](CC(=O)[O-])S3)cc1. The summed E-state index contributed by atoms with van der Waals surface area (Å²) in [6.45, 7) is 2.02. The molecule has 0 saturated heterocycles. The second kappa shape index (κ2) is 6.45. The van der Waals surface area contributed by atoms with Crippen LogP contribution in [0.15, 0.2) is 52.0 Å². The number of hydrogen-bond donors (Lipinski definition) is 0. The van der Waals surface area contributed by atoms with Crippen molar-refractivity contribution in [3.05, 3.63) is 52.2 Å². The Morgan fingerprint density at radius 3 is 2.72 bits per heavy atom. The smallest absolute Gasteiger partial charge is 0.213 e. The third-order valence-electron chi connectivity index (χ3n) is 3.81. The van der Waals surface area contributed by atoms with E-state index in [9.17, 15) is 9.90 Å². The third kappa shape index (κ3) is 3.10. The molecule has 8 heteroatoms. The normalized spacial score (nSPS) is 16.4. The van der Waals surface area contributed by atoms with Crippen molar-refractivity contribution in [2.45, 2.75) is 23.8 Å². The van der Waals surface area contributed by atoms with Gasteiger partial charge >= 0.3 is 0 Å². The number of rotatable bonds is 4. The predicted octanol–water partition coefficient (Wildman–Crippen LogP) is 2.18. The van der Waals surface area contributed by atoms with Gasteiger partial charge in [-0.05, 0) is 18.4 Å². The molecule has 0 fully saturated rings. The van der Waals surface area contributed by atoms with Gasteiger partial charge in [0, 0.05) is 18.0 Å². The van der Waals surface area contributed by atoms with Crippen LogP contribution >= 0.6 is 23.1 Å². The van der Waals surface area contributed by atoms with Crippen molar-refractivity contribution in [1.29, 1.82) is 0 Å². The van der Waals surface area contributed by atoms with E-state index in [4.69, 9.17) is 0 Å². The summed E-state index contributed by atoms with van der Waals surface area (Å²) in [5, 5.41) is 26.5. The van der Waals surface area contributed by atoms with Crippen LogP contribution in [0.1, 0.15) is 16.9 Å². The molecule has 2 aromatic heterocycles. The van der Waals surface area contributed by atoms with Crippen molar-refractivity contribution >= 4 is 34.8 Å². The van der Waals surface area contributed by atoms with E-state index >= 15 is 0 Å². The number of nitrogens with zero attached hydrogens (tertiary/aromatic N) is 4. The molecule has 0 amide bonds. The predicted molar refractivity (Wildman–Crippen MR) is 95.7 cm³/mol. The van der Waals surface area contributed by atoms with E-state index in [1.807, 2.05) is 48.7 Å². The number of hydrogen-bond acceptors (Lipinski definition) is 7. The lowest BCUT2D eigenvalue weighted by molar-refractivity contribution is -0.305. The van der Waals surface area contributed by atoms with E-state index in [1.165, 1.54) is 23.1 Å². The molecule has 0 bridgehead atoms. The average molecular weight is 369 g/mol. The van der Waals surface area contributed by atoms with Crippen LogP contribution in [0, 0.1) is 6.92 Å². The summed E-state index contributed by atoms with van der Waals surface area (Å²) in [6.07, 6.45) is -0.117. The van der Waals surface area contributed by atoms with Gasteiger partial charge in [-0.2, -0.15) is 9.78 Å². The fourth-order valence-electron chi connectivity index (χ4n) is 2.59. The van der Waals surface area contributed by atoms with Gasteiger partial charge in [0.1, 0.15) is 0 Å². The summed E-state index contributed by atoms with van der Waals surface area (Å²) < 4.78 is 1.69. The molecule has 3 aromatic rings. The van der Waals surface area contributed by atoms with Gasteiger partial charge in [-0.15, -0.1) is 21.5 Å². The van der Waals surface area contributed by atoms with Gasteiger partial charge in [-0.1, -0.05) is 47.7 Å². The molecule has 6 nitrogen and oxygen atoms in total. The van der Waals surface area contributed by atoms with Crippen LogP contribution in [0.2, 0.25) is 0 Å². The minimum Gasteiger partial charge on any atom is -0.550 e. The lowest BCUT2D eigenvalue weighted by Gasteiger charge is -2.22. The number of carboxylic acid groups (broad SMARTS) is 1. The van der Waals surface area contributed by atoms with E-state index in [0.717, 1.165) is 16.0 Å². The number of thiophene rings is 1. The molecule has 0 aliphatic carbocycles. The Labute approximate surface area is 152 Å². The first-order valence-corrected chi connectivity index (χ1v) is 9.39. The highest BCUT2D eigenvalue weighted by molar-refractivity contribution is 8.00. The van der Waals surface area contributed by atoms with Crippen molar-refractivity contribution in [2.24, 2.45) is 5.10 Å². The number of carbonyl (C=O) groups excluding carboxylic acids is 1. The number of aromatic nitrogens is 3. The highest BCUT2D eigenvalue weighted by Gasteiger charge is 2.29. The Bertz CT molecular complexity index is 946. The number of aryl methyl sites for hydroxylation is 1. The maximum atomic E-state index is 11.1. The molecular formula is C17H13N4O2S2-. The Morgan fingerprint density at radius 2 is 2.04 bits per heavy atom. The quantitative estimate of drug-likeness (QED) is 0.704. The fourth-order valence-corrected chi connectivity index (χ4v) is 4.50. The zero-order valence-corrected chi connectivity index (χ0v) is 14.9. The maximum Gasteiger partial charge on any atom is 0.213 e. The second-order valence-corrected chi connectivity index (χ2v) is 7.75. The van der Waals surface area contributed by atoms with E-state index < -0.39 is 5.97 Å². The first-order chi connectivity index (χ1) is 12.1. The molecule has 0 unspecified atom stereocenters. The number of thioether (sulfide) groups is 1. The second-order valence-electron chi connectivity index (χ2n) is 5.63. The number of carbonyl (C=O) groups is 1. The number of aliphatic carboxylic acids is 1. The minimum atomic E-state index is -1.10. The Balaban J connectivity index is 1.81. The van der Waals surface area contributed by atoms with Gasteiger partial charge < -0.3 is 9.90 Å². The standard InChI is InChI=1S/C17H14N4O2S2/c1-10-4-6-11(7-5-10)16-18-19-17-21(16)20-15(12-3-2-8-24-12)13(25-17)9-14(22)23/h2-8,13H,9H2,1H3,(H,22,23)/p-1/t13-/m1/s1. The molecule has 1 aliphatic heterocycles. The number of benzene rings is 1. The van der Waals surface area contributed by atoms with E-state index in [1.54, 1.807) is 4.68 Å². The molecule has 25 heavy (non-hydrogen) atoms. The summed E-state index contributed by atoms with van der Waals surface area (Å²) in [5.41, 5.74) is 2.79. The largest absolute Gasteiger partial charge is 0.550 e. The topological polar surface area (TPSA) is 83.2 Å². The summed E-state index contributed by atoms with van der Waals surface area (Å²) in [4.78, 5) is 12.1. The van der Waals surface area contributed by atoms with Crippen LogP contribution in [0.5, 0.6) is 0 Å². The number of carboxylic acids is 1. The minimum absolute atomic E-state index is 0.117. The van der Waals surface area contributed by atoms with Crippen LogP contribution in [-0.4, -0.2) is 31.8 Å². The molecule has 0 spiro atoms. The molecule has 0 radical (unpaired) electrons. The van der Waals surface area contributed by atoms with Crippen LogP contribution in [0.4, 0.5) is 0 Å². The monoisotopic (exact) mass is 369 g/mol. The molecule has 1 aliphatic rings. The van der Waals surface area contributed by atoms with Crippen molar-refractivity contribution in [2.75, 3.05) is 0 Å². The molecule has 126 valence electrons. The average Bonchev–Trinajstić information content (AvgIpc) is 3.23. The van der Waals surface area contributed by atoms with Gasteiger partial charge in [0.25, 0.3) is 0 Å². The zero-order valence-electron chi connectivity index (χ0n) is 13.2. The van der Waals surface area contributed by atoms with Gasteiger partial charge in [-0.3, -0.25) is 0 Å². The number of fused-ring (bicyclic) bond motifs is 1. The fraction of sp³-hybridized carbons (Fsp3) is 0.176. The first kappa shape index (κ1) is 16.0. The highest BCUT2D eigenvalue weighted by Crippen LogP contribution is 2.35. The third-order valence-corrected chi connectivity index (χ3v) is 5.84. The van der Waals surface area contributed by atoms with Gasteiger partial charge in [0.05, 0.1) is 15.8 Å². The summed E-state index contributed by atoms with van der Waals surface area (Å²) in [6, 6.07) is 11.8. The van der Waals surface area contributed by atoms with E-state index in [0.29, 0.717) is 16.7 Å². The van der Waals surface area contributed by atoms with Crippen LogP contribution in [0.3, 0.4) is 0 Å². The lowest BCUT2D eigenvalue weighted by Crippen LogP contribution is -2.32. The molecule has 1 atom stereocenters. The Kier molecular flexibility index (Phi) is 4.14. The summed E-state index contributed by atoms with van der Waals surface area (Å²) >= 11 is 2.88. The van der Waals surface area contributed by atoms with Crippen molar-refractivity contribution in [3.8, 4) is 11.4 Å². The van der Waals surface area contributed by atoms with E-state index in [-0.39, 0.29) is 11.7 Å². The van der Waals surface area contributed by atoms with E-state index in [2.05, 4.69) is 15.3 Å². The molecule has 4 rings (SSSR count). The summed E-state index contributed by atoms with van der Waals surface area (Å²) in [5.74, 6) is -0.461. The Morgan fingerprint density at radius 1 is 1.24 bits per heavy atom. The highest BCUT2D eigenvalue weighted by atomic mass is 32.2. The van der Waals surface area contributed by atoms with Crippen molar-refractivity contribution < 1.29 is 9.90 Å². The van der Waals surface area contributed by atoms with Gasteiger partial charge in [-0.25, -0.2) is 0 Å². The van der Waals surface area contributed by atoms with Gasteiger partial charge in [0.2, 0.25) is 5.16 Å². The summed E-state index contributed by atoms with van der Waals surface area (Å²) in [7, 11) is 0. The van der Waals surface area contributed by atoms with Crippen molar-refractivity contribution in [1.82, 2.24) is 14.9 Å². The molecule has 0 N–H and O–H groups in total. The van der Waals surface area contributed by atoms with Crippen molar-refractivity contribution in [3.63, 3.8) is 0 Å². The Hall–Kier alpha value is -2.45. The van der Waals surface area contributed by atoms with Crippen LogP contribution in [0.25, 0.3) is 11.4 Å². The zero-order chi connectivity index (χ0) is 17.4. The first-order valence-electron chi connectivity index (χ1n) is 7.63. The van der Waals surface area contributed by atoms with Gasteiger partial charge in [0.15, 0.2) is 5.82 Å².